The number of hydrogen-bond donors (Lipinski definition) is 2. The standard InChI is InChI=1S/C31H27N3O6/c35-28(33-27-9-5-4-8-26(27)31(37)38)18-21-10-15-29(32-19-21)40-24-13-11-23(12-14-24)39-25-16-17-34(20-25)30(36)22-6-2-1-3-7-22/h1-15,19,25H,16-18,20H2,(H,33,35)(H,37,38)/t25-/m1/s1. The maximum atomic E-state index is 12.7. The molecule has 2 heterocycles. The molecule has 0 bridgehead atoms. The van der Waals surface area contributed by atoms with Crippen LogP contribution in [0.2, 0.25) is 0 Å². The highest BCUT2D eigenvalue weighted by Crippen LogP contribution is 2.25. The molecule has 4 aromatic rings. The zero-order valence-electron chi connectivity index (χ0n) is 21.5. The Hall–Kier alpha value is -5.18. The van der Waals surface area contributed by atoms with Crippen LogP contribution in [0.3, 0.4) is 0 Å². The summed E-state index contributed by atoms with van der Waals surface area (Å²) in [5.74, 6) is 0.167. The number of rotatable bonds is 9. The number of aromatic nitrogens is 1. The third-order valence-corrected chi connectivity index (χ3v) is 6.40. The average molecular weight is 538 g/mol. The molecule has 2 amide bonds. The molecule has 1 saturated heterocycles. The van der Waals surface area contributed by atoms with Gasteiger partial charge in [-0.2, -0.15) is 0 Å². The number of anilines is 1. The van der Waals surface area contributed by atoms with E-state index in [2.05, 4.69) is 10.3 Å². The SMILES string of the molecule is O=C(Cc1ccc(Oc2ccc(O[C@@H]3CCN(C(=O)c4ccccc4)C3)cc2)nc1)Nc1ccccc1C(=O)O. The first-order valence-electron chi connectivity index (χ1n) is 12.8. The minimum absolute atomic E-state index is 0.0121. The summed E-state index contributed by atoms with van der Waals surface area (Å²) in [7, 11) is 0. The highest BCUT2D eigenvalue weighted by atomic mass is 16.5. The Morgan fingerprint density at radius 2 is 1.62 bits per heavy atom. The Kier molecular flexibility index (Phi) is 8.01. The van der Waals surface area contributed by atoms with Gasteiger partial charge in [0, 0.05) is 30.8 Å². The maximum Gasteiger partial charge on any atom is 0.337 e. The summed E-state index contributed by atoms with van der Waals surface area (Å²) in [6.45, 7) is 1.19. The molecule has 0 unspecified atom stereocenters. The van der Waals surface area contributed by atoms with Gasteiger partial charge in [-0.05, 0) is 54.1 Å². The molecule has 40 heavy (non-hydrogen) atoms. The van der Waals surface area contributed by atoms with E-state index in [-0.39, 0.29) is 35.6 Å². The van der Waals surface area contributed by atoms with E-state index in [4.69, 9.17) is 9.47 Å². The van der Waals surface area contributed by atoms with Crippen LogP contribution in [0.1, 0.15) is 32.7 Å². The third-order valence-electron chi connectivity index (χ3n) is 6.40. The Morgan fingerprint density at radius 1 is 0.900 bits per heavy atom. The van der Waals surface area contributed by atoms with Crippen molar-refractivity contribution in [2.75, 3.05) is 18.4 Å². The fourth-order valence-electron chi connectivity index (χ4n) is 4.41. The van der Waals surface area contributed by atoms with Crippen molar-refractivity contribution >= 4 is 23.5 Å². The smallest absolute Gasteiger partial charge is 0.337 e. The molecule has 9 heteroatoms. The molecule has 1 aliphatic rings. The quantitative estimate of drug-likeness (QED) is 0.307. The van der Waals surface area contributed by atoms with Crippen molar-refractivity contribution in [2.24, 2.45) is 0 Å². The molecule has 0 aliphatic carbocycles. The van der Waals surface area contributed by atoms with Crippen LogP contribution in [0.4, 0.5) is 5.69 Å². The van der Waals surface area contributed by atoms with Crippen molar-refractivity contribution in [3.8, 4) is 17.4 Å². The van der Waals surface area contributed by atoms with E-state index in [1.54, 1.807) is 42.5 Å². The minimum atomic E-state index is -1.11. The highest BCUT2D eigenvalue weighted by Gasteiger charge is 2.28. The summed E-state index contributed by atoms with van der Waals surface area (Å²) in [5, 5.41) is 11.9. The fraction of sp³-hybridized carbons (Fsp3) is 0.161. The Bertz CT molecular complexity index is 1490. The van der Waals surface area contributed by atoms with Gasteiger partial charge in [0.25, 0.3) is 5.91 Å². The number of ether oxygens (including phenoxy) is 2. The lowest BCUT2D eigenvalue weighted by Gasteiger charge is -2.17. The number of carbonyl (C=O) groups excluding carboxylic acids is 2. The van der Waals surface area contributed by atoms with Crippen molar-refractivity contribution in [2.45, 2.75) is 18.9 Å². The molecule has 3 aromatic carbocycles. The summed E-state index contributed by atoms with van der Waals surface area (Å²) in [6.07, 6.45) is 2.25. The molecule has 1 atom stereocenters. The average Bonchev–Trinajstić information content (AvgIpc) is 3.44. The van der Waals surface area contributed by atoms with Gasteiger partial charge in [-0.15, -0.1) is 0 Å². The predicted octanol–water partition coefficient (Wildman–Crippen LogP) is 5.05. The fourth-order valence-corrected chi connectivity index (χ4v) is 4.41. The second-order valence-corrected chi connectivity index (χ2v) is 9.30. The van der Waals surface area contributed by atoms with Gasteiger partial charge in [0.2, 0.25) is 11.8 Å². The summed E-state index contributed by atoms with van der Waals surface area (Å²) in [4.78, 5) is 42.5. The first-order chi connectivity index (χ1) is 19.4. The predicted molar refractivity (Wildman–Crippen MR) is 148 cm³/mol. The number of benzene rings is 3. The van der Waals surface area contributed by atoms with Gasteiger partial charge in [-0.3, -0.25) is 9.59 Å². The van der Waals surface area contributed by atoms with Crippen molar-refractivity contribution in [1.82, 2.24) is 9.88 Å². The lowest BCUT2D eigenvalue weighted by Crippen LogP contribution is -2.30. The second-order valence-electron chi connectivity index (χ2n) is 9.30. The monoisotopic (exact) mass is 537 g/mol. The second kappa shape index (κ2) is 12.1. The largest absolute Gasteiger partial charge is 0.489 e. The number of carboxylic acid groups (broad SMARTS) is 1. The van der Waals surface area contributed by atoms with Crippen molar-refractivity contribution < 1.29 is 29.0 Å². The van der Waals surface area contributed by atoms with Gasteiger partial charge in [0.05, 0.1) is 24.2 Å². The molecule has 1 aliphatic heterocycles. The van der Waals surface area contributed by atoms with Gasteiger partial charge in [0.1, 0.15) is 17.6 Å². The molecule has 2 N–H and O–H groups in total. The first-order valence-corrected chi connectivity index (χ1v) is 12.8. The highest BCUT2D eigenvalue weighted by molar-refractivity contribution is 6.01. The normalized spacial score (nSPS) is 14.4. The van der Waals surface area contributed by atoms with Crippen molar-refractivity contribution in [1.29, 1.82) is 0 Å². The summed E-state index contributed by atoms with van der Waals surface area (Å²) in [5.41, 5.74) is 1.60. The molecule has 202 valence electrons. The topological polar surface area (TPSA) is 118 Å². The van der Waals surface area contributed by atoms with E-state index < -0.39 is 5.97 Å². The molecule has 1 fully saturated rings. The molecule has 0 saturated carbocycles. The molecular formula is C31H27N3O6. The van der Waals surface area contributed by atoms with Crippen LogP contribution in [0.5, 0.6) is 17.4 Å². The number of amides is 2. The Labute approximate surface area is 231 Å². The lowest BCUT2D eigenvalue weighted by molar-refractivity contribution is -0.115. The summed E-state index contributed by atoms with van der Waals surface area (Å²) < 4.78 is 11.9. The van der Waals surface area contributed by atoms with E-state index in [1.165, 1.54) is 12.3 Å². The molecule has 9 nitrogen and oxygen atoms in total. The van der Waals surface area contributed by atoms with E-state index in [1.807, 2.05) is 47.4 Å². The van der Waals surface area contributed by atoms with Gasteiger partial charge in [-0.25, -0.2) is 9.78 Å². The van der Waals surface area contributed by atoms with E-state index in [0.717, 1.165) is 6.42 Å². The van der Waals surface area contributed by atoms with Crippen molar-refractivity contribution in [3.63, 3.8) is 0 Å². The number of aromatic carboxylic acids is 1. The number of nitrogens with one attached hydrogen (secondary N) is 1. The molecule has 0 spiro atoms. The van der Waals surface area contributed by atoms with Crippen LogP contribution < -0.4 is 14.8 Å². The number of likely N-dealkylation sites (tertiary alicyclic amines) is 1. The van der Waals surface area contributed by atoms with Crippen LogP contribution >= 0.6 is 0 Å². The van der Waals surface area contributed by atoms with Crippen molar-refractivity contribution in [3.05, 3.63) is 114 Å². The third kappa shape index (κ3) is 6.63. The molecule has 1 aromatic heterocycles. The number of carboxylic acids is 1. The molecule has 0 radical (unpaired) electrons. The van der Waals surface area contributed by atoms with Gasteiger partial charge in [0.15, 0.2) is 0 Å². The molecular weight excluding hydrogens is 510 g/mol. The maximum absolute atomic E-state index is 12.7. The van der Waals surface area contributed by atoms with Gasteiger partial charge >= 0.3 is 5.97 Å². The van der Waals surface area contributed by atoms with E-state index >= 15 is 0 Å². The molecule has 5 rings (SSSR count). The number of nitrogens with zero attached hydrogens (tertiary/aromatic N) is 2. The number of para-hydroxylation sites is 1. The van der Waals surface area contributed by atoms with Gasteiger partial charge in [-0.1, -0.05) is 36.4 Å². The van der Waals surface area contributed by atoms with Crippen LogP contribution in [0.15, 0.2) is 97.2 Å². The minimum Gasteiger partial charge on any atom is -0.489 e. The van der Waals surface area contributed by atoms with E-state index in [9.17, 15) is 19.5 Å². The summed E-state index contributed by atoms with van der Waals surface area (Å²) in [6, 6.07) is 26.0. The number of hydrogen-bond acceptors (Lipinski definition) is 6. The van der Waals surface area contributed by atoms with Gasteiger partial charge < -0.3 is 24.8 Å². The van der Waals surface area contributed by atoms with Crippen LogP contribution in [0.25, 0.3) is 0 Å². The zero-order chi connectivity index (χ0) is 27.9. The number of pyridine rings is 1. The summed E-state index contributed by atoms with van der Waals surface area (Å²) >= 11 is 0. The zero-order valence-corrected chi connectivity index (χ0v) is 21.5. The Morgan fingerprint density at radius 3 is 2.35 bits per heavy atom. The number of carbonyl (C=O) groups is 3. The van der Waals surface area contributed by atoms with Crippen LogP contribution in [-0.4, -0.2) is 52.0 Å². The first kappa shape index (κ1) is 26.4. The van der Waals surface area contributed by atoms with E-state index in [0.29, 0.717) is 41.6 Å². The van der Waals surface area contributed by atoms with Crippen LogP contribution in [0, 0.1) is 0 Å². The lowest BCUT2D eigenvalue weighted by atomic mass is 10.1. The van der Waals surface area contributed by atoms with Crippen LogP contribution in [-0.2, 0) is 11.2 Å². The Balaban J connectivity index is 1.10.